The lowest BCUT2D eigenvalue weighted by Crippen LogP contribution is -2.40. The van der Waals surface area contributed by atoms with Gasteiger partial charge in [0.1, 0.15) is 17.5 Å². The van der Waals surface area contributed by atoms with E-state index in [0.717, 1.165) is 5.56 Å². The first kappa shape index (κ1) is 29.3. The van der Waals surface area contributed by atoms with Gasteiger partial charge in [-0.15, -0.1) is 0 Å². The van der Waals surface area contributed by atoms with Crippen LogP contribution in [0.25, 0.3) is 6.08 Å². The molecule has 2 heterocycles. The summed E-state index contributed by atoms with van der Waals surface area (Å²) in [5.41, 5.74) is 1.85. The number of fused-ring (bicyclic) bond motifs is 1. The lowest BCUT2D eigenvalue weighted by molar-refractivity contribution is -0.143. The van der Waals surface area contributed by atoms with Gasteiger partial charge < -0.3 is 18.9 Å². The smallest absolute Gasteiger partial charge is 0.343 e. The Hall–Kier alpha value is -3.70. The Balaban J connectivity index is 1.85. The normalized spacial score (nSPS) is 15.0. The zero-order valence-corrected chi connectivity index (χ0v) is 25.1. The number of carbonyl (C=O) groups excluding carboxylic acids is 2. The van der Waals surface area contributed by atoms with E-state index in [1.807, 2.05) is 38.1 Å². The second-order valence-electron chi connectivity index (χ2n) is 9.06. The Labute approximate surface area is 243 Å². The number of hydrogen-bond acceptors (Lipinski definition) is 9. The molecule has 210 valence electrons. The molecule has 0 amide bonds. The Kier molecular flexibility index (Phi) is 9.26. The predicted molar refractivity (Wildman–Crippen MR) is 154 cm³/mol. The van der Waals surface area contributed by atoms with Gasteiger partial charge in [0.05, 0.1) is 40.1 Å². The quantitative estimate of drug-likeness (QED) is 0.331. The van der Waals surface area contributed by atoms with Crippen LogP contribution in [0.3, 0.4) is 0 Å². The van der Waals surface area contributed by atoms with Crippen molar-refractivity contribution < 1.29 is 28.5 Å². The van der Waals surface area contributed by atoms with Gasteiger partial charge in [0, 0.05) is 5.56 Å². The number of ether oxygens (including phenoxy) is 4. The van der Waals surface area contributed by atoms with E-state index in [9.17, 15) is 14.4 Å². The van der Waals surface area contributed by atoms with Crippen LogP contribution >= 0.6 is 27.3 Å². The highest BCUT2D eigenvalue weighted by atomic mass is 79.9. The van der Waals surface area contributed by atoms with E-state index in [4.69, 9.17) is 14.2 Å². The first-order valence-corrected chi connectivity index (χ1v) is 14.2. The molecular weight excluding hydrogens is 600 g/mol. The van der Waals surface area contributed by atoms with Crippen molar-refractivity contribution in [3.05, 3.63) is 89.0 Å². The number of halogens is 1. The van der Waals surface area contributed by atoms with Crippen LogP contribution in [0.4, 0.5) is 0 Å². The van der Waals surface area contributed by atoms with Crippen LogP contribution in [0.1, 0.15) is 44.9 Å². The number of hydrogen-bond donors (Lipinski definition) is 0. The van der Waals surface area contributed by atoms with Crippen molar-refractivity contribution in [3.63, 3.8) is 0 Å². The van der Waals surface area contributed by atoms with Crippen LogP contribution in [0.5, 0.6) is 11.5 Å². The molecule has 40 heavy (non-hydrogen) atoms. The van der Waals surface area contributed by atoms with Crippen LogP contribution in [-0.2, 0) is 19.1 Å². The lowest BCUT2D eigenvalue weighted by Gasteiger charge is -2.26. The number of methoxy groups -OCH3 is 1. The molecule has 0 fully saturated rings. The van der Waals surface area contributed by atoms with E-state index >= 15 is 0 Å². The summed E-state index contributed by atoms with van der Waals surface area (Å²) in [5.74, 6) is -0.00105. The number of allylic oxidation sites excluding steroid dienone is 1. The average molecular weight is 630 g/mol. The Morgan fingerprint density at radius 1 is 1.18 bits per heavy atom. The fourth-order valence-electron chi connectivity index (χ4n) is 4.22. The lowest BCUT2D eigenvalue weighted by atomic mass is 9.95. The van der Waals surface area contributed by atoms with Gasteiger partial charge in [0.15, 0.2) is 11.4 Å². The summed E-state index contributed by atoms with van der Waals surface area (Å²) in [6.45, 7) is 7.27. The van der Waals surface area contributed by atoms with Gasteiger partial charge >= 0.3 is 11.9 Å². The topological polar surface area (TPSA) is 105 Å². The van der Waals surface area contributed by atoms with Crippen molar-refractivity contribution >= 4 is 45.3 Å². The summed E-state index contributed by atoms with van der Waals surface area (Å²) in [4.78, 5) is 43.6. The molecule has 0 radical (unpaired) electrons. The first-order chi connectivity index (χ1) is 19.1. The van der Waals surface area contributed by atoms with Crippen LogP contribution in [-0.4, -0.2) is 42.9 Å². The number of para-hydroxylation sites is 1. The maximum Gasteiger partial charge on any atom is 0.343 e. The molecular formula is C29H29BrN2O7S. The molecule has 0 N–H and O–H groups in total. The number of rotatable bonds is 9. The Morgan fingerprint density at radius 3 is 2.60 bits per heavy atom. The highest BCUT2D eigenvalue weighted by Gasteiger charge is 2.35. The number of esters is 2. The van der Waals surface area contributed by atoms with Gasteiger partial charge in [-0.1, -0.05) is 35.6 Å². The molecule has 1 aliphatic heterocycles. The van der Waals surface area contributed by atoms with Gasteiger partial charge in [-0.2, -0.15) is 0 Å². The summed E-state index contributed by atoms with van der Waals surface area (Å²) in [6, 6.07) is 11.8. The fourth-order valence-corrected chi connectivity index (χ4v) is 5.78. The molecule has 0 spiro atoms. The maximum absolute atomic E-state index is 13.9. The van der Waals surface area contributed by atoms with Gasteiger partial charge in [-0.3, -0.25) is 9.36 Å². The molecule has 0 saturated carbocycles. The highest BCUT2D eigenvalue weighted by Crippen LogP contribution is 2.36. The van der Waals surface area contributed by atoms with Crippen LogP contribution < -0.4 is 24.4 Å². The van der Waals surface area contributed by atoms with E-state index in [2.05, 4.69) is 25.7 Å². The molecule has 3 aromatic rings. The molecule has 1 atom stereocenters. The van der Waals surface area contributed by atoms with Crippen molar-refractivity contribution in [2.75, 3.05) is 20.3 Å². The highest BCUT2D eigenvalue weighted by molar-refractivity contribution is 9.10. The van der Waals surface area contributed by atoms with Crippen molar-refractivity contribution in [1.82, 2.24) is 4.57 Å². The van der Waals surface area contributed by atoms with Gasteiger partial charge in [0.25, 0.3) is 5.56 Å². The maximum atomic E-state index is 13.9. The predicted octanol–water partition coefficient (Wildman–Crippen LogP) is 3.90. The number of nitrogens with zero attached hydrogens (tertiary/aromatic N) is 2. The van der Waals surface area contributed by atoms with Gasteiger partial charge in [0.2, 0.25) is 0 Å². The molecule has 1 aromatic heterocycles. The minimum absolute atomic E-state index is 0.119. The SMILES string of the molecule is CCOC(=O)C1=C(C)N=c2s/c(=C/c3ccc(OCC(=O)OC)c(Br)c3)c(=O)n2[C@@H]1c1ccccc1OC(C)C. The molecule has 0 bridgehead atoms. The summed E-state index contributed by atoms with van der Waals surface area (Å²) >= 11 is 4.68. The van der Waals surface area contributed by atoms with Gasteiger partial charge in [-0.25, -0.2) is 14.6 Å². The molecule has 4 rings (SSSR count). The number of benzene rings is 2. The van der Waals surface area contributed by atoms with Crippen molar-refractivity contribution in [1.29, 1.82) is 0 Å². The molecule has 0 saturated heterocycles. The summed E-state index contributed by atoms with van der Waals surface area (Å²) in [5, 5.41) is 0. The molecule has 0 aliphatic carbocycles. The Morgan fingerprint density at radius 2 is 1.93 bits per heavy atom. The third-order valence-corrected chi connectivity index (χ3v) is 7.52. The van der Waals surface area contributed by atoms with E-state index in [1.165, 1.54) is 23.0 Å². The third kappa shape index (κ3) is 6.20. The molecule has 1 aliphatic rings. The largest absolute Gasteiger partial charge is 0.491 e. The number of carbonyl (C=O) groups is 2. The minimum Gasteiger partial charge on any atom is -0.491 e. The van der Waals surface area contributed by atoms with E-state index in [-0.39, 0.29) is 30.5 Å². The van der Waals surface area contributed by atoms with Crippen molar-refractivity contribution in [2.45, 2.75) is 39.8 Å². The number of aromatic nitrogens is 1. The molecule has 11 heteroatoms. The van der Waals surface area contributed by atoms with Crippen LogP contribution in [0, 0.1) is 0 Å². The number of thiazole rings is 1. The summed E-state index contributed by atoms with van der Waals surface area (Å²) in [7, 11) is 1.29. The second kappa shape index (κ2) is 12.6. The van der Waals surface area contributed by atoms with E-state index in [1.54, 1.807) is 38.1 Å². The first-order valence-electron chi connectivity index (χ1n) is 12.6. The standard InChI is InChI=1S/C29H29BrN2O7S/c1-6-37-28(35)25-17(4)31-29-32(26(25)19-9-7-8-10-21(19)39-16(2)3)27(34)23(40-29)14-18-11-12-22(20(30)13-18)38-15-24(33)36-5/h7-14,16,26H,6,15H2,1-5H3/b23-14+/t26-/m1/s1. The van der Waals surface area contributed by atoms with Crippen molar-refractivity contribution in [2.24, 2.45) is 4.99 Å². The molecule has 9 nitrogen and oxygen atoms in total. The van der Waals surface area contributed by atoms with Crippen molar-refractivity contribution in [3.8, 4) is 11.5 Å². The zero-order valence-electron chi connectivity index (χ0n) is 22.7. The average Bonchev–Trinajstić information content (AvgIpc) is 3.21. The van der Waals surface area contributed by atoms with E-state index in [0.29, 0.717) is 36.6 Å². The zero-order chi connectivity index (χ0) is 29.0. The molecule has 0 unspecified atom stereocenters. The summed E-state index contributed by atoms with van der Waals surface area (Å²) < 4.78 is 24.1. The Bertz CT molecular complexity index is 1660. The molecule has 2 aromatic carbocycles. The van der Waals surface area contributed by atoms with Gasteiger partial charge in [-0.05, 0) is 73.5 Å². The monoisotopic (exact) mass is 628 g/mol. The second-order valence-corrected chi connectivity index (χ2v) is 10.9. The fraction of sp³-hybridized carbons (Fsp3) is 0.310. The van der Waals surface area contributed by atoms with E-state index < -0.39 is 18.0 Å². The minimum atomic E-state index is -0.784. The third-order valence-electron chi connectivity index (χ3n) is 5.92. The van der Waals surface area contributed by atoms with Crippen LogP contribution in [0.15, 0.2) is 68.0 Å². The van der Waals surface area contributed by atoms with Crippen LogP contribution in [0.2, 0.25) is 0 Å². The summed E-state index contributed by atoms with van der Waals surface area (Å²) in [6.07, 6.45) is 1.63.